The number of carbonyl (C=O) groups excluding carboxylic acids is 1. The average molecular weight is 363 g/mol. The van der Waals surface area contributed by atoms with E-state index in [9.17, 15) is 9.59 Å². The lowest BCUT2D eigenvalue weighted by molar-refractivity contribution is -0.117. The number of anilines is 1. The summed E-state index contributed by atoms with van der Waals surface area (Å²) in [6, 6.07) is 14.2. The summed E-state index contributed by atoms with van der Waals surface area (Å²) >= 11 is 0. The maximum Gasteiger partial charge on any atom is 0.335 e. The molecule has 1 unspecified atom stereocenters. The number of aromatic carboxylic acids is 1. The molecule has 2 aromatic carbocycles. The minimum atomic E-state index is -0.949. The van der Waals surface area contributed by atoms with Gasteiger partial charge < -0.3 is 15.2 Å². The fraction of sp³-hybridized carbons (Fsp3) is 0.182. The molecule has 5 nitrogen and oxygen atoms in total. The number of methoxy groups -OCH3 is 1. The number of carboxylic acids is 1. The van der Waals surface area contributed by atoms with E-state index in [1.54, 1.807) is 43.5 Å². The number of hydrogen-bond acceptors (Lipinski definition) is 4. The minimum absolute atomic E-state index is 0.0111. The Hall–Kier alpha value is -3.34. The molecule has 0 aliphatic heterocycles. The van der Waals surface area contributed by atoms with Gasteiger partial charge in [-0.25, -0.2) is 4.79 Å². The molecule has 138 valence electrons. The van der Waals surface area contributed by atoms with Crippen LogP contribution in [0.3, 0.4) is 0 Å². The molecule has 1 aliphatic rings. The number of ether oxygens (including phenoxy) is 1. The van der Waals surface area contributed by atoms with Crippen LogP contribution < -0.4 is 10.1 Å². The first-order valence-electron chi connectivity index (χ1n) is 8.67. The van der Waals surface area contributed by atoms with Gasteiger partial charge in [0.25, 0.3) is 0 Å². The summed E-state index contributed by atoms with van der Waals surface area (Å²) in [6.45, 7) is 0. The largest absolute Gasteiger partial charge is 0.497 e. The third-order valence-electron chi connectivity index (χ3n) is 4.65. The molecule has 2 aromatic rings. The Bertz CT molecular complexity index is 882. The van der Waals surface area contributed by atoms with E-state index in [1.165, 1.54) is 0 Å². The predicted octanol–water partition coefficient (Wildman–Crippen LogP) is 3.87. The highest BCUT2D eigenvalue weighted by Crippen LogP contribution is 2.27. The van der Waals surface area contributed by atoms with Crippen LogP contribution in [0.25, 0.3) is 0 Å². The highest BCUT2D eigenvalue weighted by molar-refractivity contribution is 6.03. The molecule has 0 aromatic heterocycles. The zero-order chi connectivity index (χ0) is 19.3. The van der Waals surface area contributed by atoms with Crippen LogP contribution in [0.1, 0.15) is 22.3 Å². The highest BCUT2D eigenvalue weighted by Gasteiger charge is 2.34. The van der Waals surface area contributed by atoms with Crippen molar-refractivity contribution >= 4 is 17.4 Å². The van der Waals surface area contributed by atoms with Crippen molar-refractivity contribution in [2.75, 3.05) is 12.4 Å². The second-order valence-electron chi connectivity index (χ2n) is 6.41. The van der Waals surface area contributed by atoms with Crippen molar-refractivity contribution in [1.82, 2.24) is 0 Å². The Balaban J connectivity index is 1.78. The van der Waals surface area contributed by atoms with Crippen molar-refractivity contribution in [3.63, 3.8) is 0 Å². The Morgan fingerprint density at radius 1 is 1.07 bits per heavy atom. The first-order chi connectivity index (χ1) is 13.0. The first kappa shape index (κ1) is 18.5. The van der Waals surface area contributed by atoms with Crippen molar-refractivity contribution in [2.24, 2.45) is 0 Å². The van der Waals surface area contributed by atoms with Crippen LogP contribution in [-0.2, 0) is 11.2 Å². The Kier molecular flexibility index (Phi) is 5.41. The number of carboxylic acid groups (broad SMARTS) is 1. The molecule has 0 saturated heterocycles. The van der Waals surface area contributed by atoms with E-state index in [2.05, 4.69) is 5.32 Å². The lowest BCUT2D eigenvalue weighted by Gasteiger charge is -2.32. The van der Waals surface area contributed by atoms with Gasteiger partial charge in [0.05, 0.1) is 12.7 Å². The highest BCUT2D eigenvalue weighted by atomic mass is 16.5. The van der Waals surface area contributed by atoms with Crippen LogP contribution in [0.5, 0.6) is 5.75 Å². The molecular weight excluding hydrogens is 342 g/mol. The molecule has 0 amide bonds. The average Bonchev–Trinajstić information content (AvgIpc) is 2.69. The van der Waals surface area contributed by atoms with Crippen LogP contribution >= 0.6 is 0 Å². The van der Waals surface area contributed by atoms with Gasteiger partial charge in [-0.05, 0) is 60.9 Å². The van der Waals surface area contributed by atoms with Gasteiger partial charge in [-0.1, -0.05) is 30.4 Å². The molecule has 3 rings (SSSR count). The molecule has 0 fully saturated rings. The Morgan fingerprint density at radius 2 is 1.78 bits per heavy atom. The number of rotatable bonds is 7. The third kappa shape index (κ3) is 4.26. The fourth-order valence-corrected chi connectivity index (χ4v) is 3.05. The summed E-state index contributed by atoms with van der Waals surface area (Å²) in [4.78, 5) is 23.7. The van der Waals surface area contributed by atoms with E-state index in [-0.39, 0.29) is 11.3 Å². The van der Waals surface area contributed by atoms with E-state index < -0.39 is 11.5 Å². The van der Waals surface area contributed by atoms with Crippen molar-refractivity contribution in [3.05, 3.63) is 84.0 Å². The predicted molar refractivity (Wildman–Crippen MR) is 104 cm³/mol. The molecule has 2 N–H and O–H groups in total. The van der Waals surface area contributed by atoms with E-state index in [0.717, 1.165) is 17.0 Å². The lowest BCUT2D eigenvalue weighted by Crippen LogP contribution is -2.45. The fourth-order valence-electron chi connectivity index (χ4n) is 3.05. The van der Waals surface area contributed by atoms with Gasteiger partial charge in [-0.15, -0.1) is 0 Å². The van der Waals surface area contributed by atoms with Crippen LogP contribution in [0.2, 0.25) is 0 Å². The number of ketones is 1. The van der Waals surface area contributed by atoms with E-state index >= 15 is 0 Å². The summed E-state index contributed by atoms with van der Waals surface area (Å²) in [6.07, 6.45) is 8.23. The molecule has 27 heavy (non-hydrogen) atoms. The summed E-state index contributed by atoms with van der Waals surface area (Å²) in [5, 5.41) is 12.4. The molecule has 0 radical (unpaired) electrons. The molecule has 0 bridgehead atoms. The second kappa shape index (κ2) is 7.91. The third-order valence-corrected chi connectivity index (χ3v) is 4.65. The lowest BCUT2D eigenvalue weighted by atomic mass is 9.83. The zero-order valence-electron chi connectivity index (χ0n) is 15.0. The molecule has 0 spiro atoms. The van der Waals surface area contributed by atoms with Gasteiger partial charge in [0.2, 0.25) is 0 Å². The van der Waals surface area contributed by atoms with Crippen molar-refractivity contribution in [3.8, 4) is 5.75 Å². The molecule has 0 heterocycles. The zero-order valence-corrected chi connectivity index (χ0v) is 15.0. The number of benzene rings is 2. The van der Waals surface area contributed by atoms with E-state index in [0.29, 0.717) is 12.8 Å². The quantitative estimate of drug-likeness (QED) is 0.781. The number of allylic oxidation sites excluding steroid dienone is 2. The smallest absolute Gasteiger partial charge is 0.335 e. The van der Waals surface area contributed by atoms with Gasteiger partial charge in [-0.3, -0.25) is 4.79 Å². The van der Waals surface area contributed by atoms with Crippen LogP contribution in [-0.4, -0.2) is 29.5 Å². The van der Waals surface area contributed by atoms with Crippen LogP contribution in [0, 0.1) is 0 Å². The maximum atomic E-state index is 12.7. The van der Waals surface area contributed by atoms with Crippen molar-refractivity contribution in [1.29, 1.82) is 0 Å². The molecule has 1 atom stereocenters. The number of carbonyl (C=O) groups is 2. The Morgan fingerprint density at radius 3 is 2.37 bits per heavy atom. The summed E-state index contributed by atoms with van der Waals surface area (Å²) in [7, 11) is 1.61. The van der Waals surface area contributed by atoms with Crippen LogP contribution in [0.15, 0.2) is 72.8 Å². The first-order valence-corrected chi connectivity index (χ1v) is 8.67. The van der Waals surface area contributed by atoms with E-state index in [1.807, 2.05) is 36.4 Å². The van der Waals surface area contributed by atoms with Gasteiger partial charge in [0, 0.05) is 5.69 Å². The standard InChI is InChI=1S/C22H21NO4/c1-27-19-11-9-18(10-12-19)23-22(14-3-2-4-20(22)24)15-13-16-5-7-17(8-6-16)21(25)26/h2-12,14,23H,13,15H2,1H3,(H,25,26). The number of aryl methyl sites for hydroxylation is 1. The molecule has 5 heteroatoms. The number of nitrogens with one attached hydrogen (secondary N) is 1. The topological polar surface area (TPSA) is 75.6 Å². The second-order valence-corrected chi connectivity index (χ2v) is 6.41. The number of hydrogen-bond donors (Lipinski definition) is 2. The normalized spacial score (nSPS) is 18.3. The minimum Gasteiger partial charge on any atom is -0.497 e. The summed E-state index contributed by atoms with van der Waals surface area (Å²) < 4.78 is 5.18. The van der Waals surface area contributed by atoms with Gasteiger partial charge in [-0.2, -0.15) is 0 Å². The SMILES string of the molecule is COc1ccc(NC2(CCc3ccc(C(=O)O)cc3)C=CC=CC2=O)cc1. The van der Waals surface area contributed by atoms with Gasteiger partial charge >= 0.3 is 5.97 Å². The van der Waals surface area contributed by atoms with Crippen molar-refractivity contribution < 1.29 is 19.4 Å². The van der Waals surface area contributed by atoms with E-state index in [4.69, 9.17) is 9.84 Å². The molecule has 1 aliphatic carbocycles. The van der Waals surface area contributed by atoms with Gasteiger partial charge in [0.15, 0.2) is 5.78 Å². The van der Waals surface area contributed by atoms with Gasteiger partial charge in [0.1, 0.15) is 11.3 Å². The van der Waals surface area contributed by atoms with Crippen LogP contribution in [0.4, 0.5) is 5.69 Å². The van der Waals surface area contributed by atoms with Crippen molar-refractivity contribution in [2.45, 2.75) is 18.4 Å². The Labute approximate surface area is 158 Å². The molecular formula is C22H21NO4. The monoisotopic (exact) mass is 363 g/mol. The summed E-state index contributed by atoms with van der Waals surface area (Å²) in [5.41, 5.74) is 1.22. The maximum absolute atomic E-state index is 12.7. The summed E-state index contributed by atoms with van der Waals surface area (Å²) in [5.74, 6) is -0.212. The molecule has 0 saturated carbocycles.